The van der Waals surface area contributed by atoms with E-state index in [-0.39, 0.29) is 23.3 Å². The first-order valence-corrected chi connectivity index (χ1v) is 8.48. The number of aliphatic hydroxyl groups is 1. The van der Waals surface area contributed by atoms with Crippen molar-refractivity contribution >= 4 is 5.91 Å². The number of rotatable bonds is 4. The van der Waals surface area contributed by atoms with Gasteiger partial charge in [-0.2, -0.15) is 0 Å². The summed E-state index contributed by atoms with van der Waals surface area (Å²) in [4.78, 5) is 12.9. The highest BCUT2D eigenvalue weighted by molar-refractivity contribution is 5.81. The van der Waals surface area contributed by atoms with Crippen molar-refractivity contribution < 1.29 is 9.90 Å². The lowest BCUT2D eigenvalue weighted by atomic mass is 9.63. The molecule has 1 aromatic rings. The maximum atomic E-state index is 12.9. The Kier molecular flexibility index (Phi) is 5.30. The van der Waals surface area contributed by atoms with Gasteiger partial charge in [0.15, 0.2) is 0 Å². The van der Waals surface area contributed by atoms with Gasteiger partial charge in [0.2, 0.25) is 5.91 Å². The van der Waals surface area contributed by atoms with Gasteiger partial charge in [0.25, 0.3) is 0 Å². The number of carbonyl (C=O) groups excluding carboxylic acids is 1. The summed E-state index contributed by atoms with van der Waals surface area (Å²) in [6, 6.07) is 10.00. The van der Waals surface area contributed by atoms with Crippen LogP contribution in [0.4, 0.5) is 0 Å². The van der Waals surface area contributed by atoms with Crippen LogP contribution >= 0.6 is 0 Å². The predicted molar refractivity (Wildman–Crippen MR) is 93.9 cm³/mol. The van der Waals surface area contributed by atoms with Gasteiger partial charge in [-0.05, 0) is 50.2 Å². The SMILES string of the molecule is CC1=C([C@H](C)O)C(C)(C)[C@H](C(=O)N[C@H](C)c2ccccc2)CC1. The third-order valence-electron chi connectivity index (χ3n) is 5.23. The molecule has 0 saturated heterocycles. The Bertz CT molecular complexity index is 587. The molecule has 0 fully saturated rings. The van der Waals surface area contributed by atoms with Crippen LogP contribution in [0.25, 0.3) is 0 Å². The average molecular weight is 315 g/mol. The van der Waals surface area contributed by atoms with Crippen molar-refractivity contribution in [2.75, 3.05) is 0 Å². The minimum Gasteiger partial charge on any atom is -0.389 e. The van der Waals surface area contributed by atoms with Crippen LogP contribution in [0.5, 0.6) is 0 Å². The van der Waals surface area contributed by atoms with Crippen molar-refractivity contribution in [3.8, 4) is 0 Å². The van der Waals surface area contributed by atoms with Gasteiger partial charge in [-0.15, -0.1) is 0 Å². The Hall–Kier alpha value is -1.61. The van der Waals surface area contributed by atoms with E-state index in [1.54, 1.807) is 6.92 Å². The lowest BCUT2D eigenvalue weighted by molar-refractivity contribution is -0.129. The van der Waals surface area contributed by atoms with Crippen LogP contribution < -0.4 is 5.32 Å². The third-order valence-corrected chi connectivity index (χ3v) is 5.23. The average Bonchev–Trinajstić information content (AvgIpc) is 2.46. The van der Waals surface area contributed by atoms with E-state index in [1.165, 1.54) is 5.57 Å². The first-order valence-electron chi connectivity index (χ1n) is 8.48. The van der Waals surface area contributed by atoms with Crippen molar-refractivity contribution in [1.82, 2.24) is 5.32 Å². The van der Waals surface area contributed by atoms with Gasteiger partial charge in [-0.25, -0.2) is 0 Å². The highest BCUT2D eigenvalue weighted by Gasteiger charge is 2.43. The number of hydrogen-bond donors (Lipinski definition) is 2. The molecule has 2 N–H and O–H groups in total. The summed E-state index contributed by atoms with van der Waals surface area (Å²) < 4.78 is 0. The van der Waals surface area contributed by atoms with Gasteiger partial charge in [0, 0.05) is 5.92 Å². The van der Waals surface area contributed by atoms with Crippen LogP contribution in [0.2, 0.25) is 0 Å². The zero-order valence-corrected chi connectivity index (χ0v) is 14.9. The van der Waals surface area contributed by atoms with E-state index in [0.29, 0.717) is 0 Å². The molecule has 1 aliphatic rings. The molecule has 1 aromatic carbocycles. The molecule has 1 amide bonds. The summed E-state index contributed by atoms with van der Waals surface area (Å²) in [5.41, 5.74) is 3.04. The molecule has 3 nitrogen and oxygen atoms in total. The van der Waals surface area contributed by atoms with Gasteiger partial charge in [-0.1, -0.05) is 49.8 Å². The third kappa shape index (κ3) is 3.66. The van der Waals surface area contributed by atoms with Crippen molar-refractivity contribution in [3.05, 3.63) is 47.0 Å². The van der Waals surface area contributed by atoms with E-state index >= 15 is 0 Å². The fraction of sp³-hybridized carbons (Fsp3) is 0.550. The fourth-order valence-electron chi connectivity index (χ4n) is 4.09. The molecule has 0 unspecified atom stereocenters. The van der Waals surface area contributed by atoms with Gasteiger partial charge >= 0.3 is 0 Å². The van der Waals surface area contributed by atoms with Crippen molar-refractivity contribution in [2.24, 2.45) is 11.3 Å². The number of amides is 1. The van der Waals surface area contributed by atoms with Crippen LogP contribution in [-0.2, 0) is 4.79 Å². The first-order chi connectivity index (χ1) is 10.7. The monoisotopic (exact) mass is 315 g/mol. The highest BCUT2D eigenvalue weighted by atomic mass is 16.3. The Morgan fingerprint density at radius 3 is 2.43 bits per heavy atom. The number of aliphatic hydroxyl groups excluding tert-OH is 1. The van der Waals surface area contributed by atoms with Gasteiger partial charge in [0.1, 0.15) is 0 Å². The normalized spacial score (nSPS) is 23.3. The Balaban J connectivity index is 2.17. The lowest BCUT2D eigenvalue weighted by Crippen LogP contribution is -2.44. The smallest absolute Gasteiger partial charge is 0.224 e. The van der Waals surface area contributed by atoms with Crippen molar-refractivity contribution in [2.45, 2.75) is 59.6 Å². The molecule has 1 aliphatic carbocycles. The summed E-state index contributed by atoms with van der Waals surface area (Å²) in [6.07, 6.45) is 1.20. The van der Waals surface area contributed by atoms with Gasteiger partial charge in [-0.3, -0.25) is 4.79 Å². The Morgan fingerprint density at radius 2 is 1.87 bits per heavy atom. The quantitative estimate of drug-likeness (QED) is 0.825. The molecule has 0 bridgehead atoms. The summed E-state index contributed by atoms with van der Waals surface area (Å²) >= 11 is 0. The molecule has 2 rings (SSSR count). The maximum Gasteiger partial charge on any atom is 0.224 e. The zero-order chi connectivity index (χ0) is 17.2. The van der Waals surface area contributed by atoms with E-state index in [2.05, 4.69) is 26.1 Å². The van der Waals surface area contributed by atoms with Crippen molar-refractivity contribution in [1.29, 1.82) is 0 Å². The van der Waals surface area contributed by atoms with Crippen LogP contribution in [-0.4, -0.2) is 17.1 Å². The van der Waals surface area contributed by atoms with E-state index in [4.69, 9.17) is 0 Å². The van der Waals surface area contributed by atoms with E-state index in [1.807, 2.05) is 37.3 Å². The first kappa shape index (κ1) is 17.7. The minimum atomic E-state index is -0.507. The molecule has 0 aromatic heterocycles. The van der Waals surface area contributed by atoms with Gasteiger partial charge in [0.05, 0.1) is 12.1 Å². The van der Waals surface area contributed by atoms with Crippen LogP contribution in [0.15, 0.2) is 41.5 Å². The molecule has 0 spiro atoms. The Labute approximate surface area is 139 Å². The molecule has 3 atom stereocenters. The molecule has 3 heteroatoms. The van der Waals surface area contributed by atoms with E-state index in [9.17, 15) is 9.90 Å². The Morgan fingerprint density at radius 1 is 1.26 bits per heavy atom. The lowest BCUT2D eigenvalue weighted by Gasteiger charge is -2.42. The predicted octanol–water partition coefficient (Wildman–Crippen LogP) is 4.00. The topological polar surface area (TPSA) is 49.3 Å². The summed E-state index contributed by atoms with van der Waals surface area (Å²) in [5, 5.41) is 13.3. The van der Waals surface area contributed by atoms with Gasteiger partial charge < -0.3 is 10.4 Å². The summed E-state index contributed by atoms with van der Waals surface area (Å²) in [7, 11) is 0. The molecule has 0 radical (unpaired) electrons. The van der Waals surface area contributed by atoms with Crippen LogP contribution in [0, 0.1) is 11.3 Å². The molecular weight excluding hydrogens is 286 g/mol. The minimum absolute atomic E-state index is 0.0125. The number of nitrogens with one attached hydrogen (secondary N) is 1. The molecule has 0 saturated carbocycles. The van der Waals surface area contributed by atoms with E-state index < -0.39 is 6.10 Å². The molecular formula is C20H29NO2. The number of hydrogen-bond acceptors (Lipinski definition) is 2. The van der Waals surface area contributed by atoms with E-state index in [0.717, 1.165) is 24.0 Å². The second-order valence-electron chi connectivity index (χ2n) is 7.32. The van der Waals surface area contributed by atoms with Crippen molar-refractivity contribution in [3.63, 3.8) is 0 Å². The zero-order valence-electron chi connectivity index (χ0n) is 14.9. The largest absolute Gasteiger partial charge is 0.389 e. The number of allylic oxidation sites excluding steroid dienone is 1. The van der Waals surface area contributed by atoms with Crippen LogP contribution in [0.3, 0.4) is 0 Å². The summed E-state index contributed by atoms with van der Waals surface area (Å²) in [6.45, 7) is 10.0. The number of carbonyl (C=O) groups is 1. The second kappa shape index (κ2) is 6.88. The molecule has 126 valence electrons. The van der Waals surface area contributed by atoms with Crippen LogP contribution in [0.1, 0.15) is 59.1 Å². The number of benzene rings is 1. The molecule has 0 aliphatic heterocycles. The maximum absolute atomic E-state index is 12.9. The summed E-state index contributed by atoms with van der Waals surface area (Å²) in [5.74, 6) is -0.0287. The standard InChI is InChI=1S/C20H29NO2/c1-13-11-12-17(20(4,5)18(13)15(3)22)19(23)21-14(2)16-9-7-6-8-10-16/h6-10,14-15,17,22H,11-12H2,1-5H3,(H,21,23)/t14-,15+,17+/m1/s1. The molecule has 23 heavy (non-hydrogen) atoms. The highest BCUT2D eigenvalue weighted by Crippen LogP contribution is 2.46. The fourth-order valence-corrected chi connectivity index (χ4v) is 4.09. The molecule has 0 heterocycles. The second-order valence-corrected chi connectivity index (χ2v) is 7.32.